The topological polar surface area (TPSA) is 115 Å². The molecule has 1 saturated heterocycles. The van der Waals surface area contributed by atoms with E-state index in [0.717, 1.165) is 17.4 Å². The lowest BCUT2D eigenvalue weighted by Gasteiger charge is -2.26. The predicted octanol–water partition coefficient (Wildman–Crippen LogP) is 4.53. The zero-order valence-corrected chi connectivity index (χ0v) is 27.9. The third-order valence-corrected chi connectivity index (χ3v) is 9.22. The minimum absolute atomic E-state index is 0.00387. The van der Waals surface area contributed by atoms with E-state index in [1.54, 1.807) is 24.3 Å². The zero-order chi connectivity index (χ0) is 34.5. The second-order valence-electron chi connectivity index (χ2n) is 11.9. The number of carbonyl (C=O) groups is 1. The van der Waals surface area contributed by atoms with Crippen LogP contribution in [0.2, 0.25) is 10.0 Å². The Hall–Kier alpha value is -4.04. The minimum atomic E-state index is -3.08. The number of alkyl halides is 2. The fraction of sp³-hybridized carbons (Fsp3) is 0.412. The van der Waals surface area contributed by atoms with E-state index < -0.39 is 36.5 Å². The maximum atomic E-state index is 13.8. The van der Waals surface area contributed by atoms with Crippen LogP contribution in [0.3, 0.4) is 0 Å². The number of hydrogen-bond donors (Lipinski definition) is 0. The molecule has 0 unspecified atom stereocenters. The number of aromatic amines is 1. The van der Waals surface area contributed by atoms with Crippen LogP contribution in [0.1, 0.15) is 30.1 Å². The van der Waals surface area contributed by atoms with Crippen molar-refractivity contribution < 1.29 is 37.5 Å². The second-order valence-corrected chi connectivity index (χ2v) is 12.8. The van der Waals surface area contributed by atoms with Crippen molar-refractivity contribution in [2.75, 3.05) is 39.5 Å². The molecule has 0 bridgehead atoms. The lowest BCUT2D eigenvalue weighted by molar-refractivity contribution is -0.377. The molecule has 0 radical (unpaired) electrons. The van der Waals surface area contributed by atoms with Gasteiger partial charge >= 0.3 is 18.3 Å². The number of nitrogens with one attached hydrogen (secondary N) is 1. The third-order valence-electron chi connectivity index (χ3n) is 8.55. The highest BCUT2D eigenvalue weighted by Gasteiger charge is 2.27. The summed E-state index contributed by atoms with van der Waals surface area (Å²) in [6.07, 6.45) is 3.96. The molecule has 6 rings (SSSR count). The fourth-order valence-electron chi connectivity index (χ4n) is 5.72. The van der Waals surface area contributed by atoms with E-state index in [1.165, 1.54) is 35.2 Å². The summed E-state index contributed by atoms with van der Waals surface area (Å²) in [5.41, 5.74) is 0.0364. The maximum Gasteiger partial charge on any atom is 0.387 e. The normalized spacial score (nSPS) is 15.8. The van der Waals surface area contributed by atoms with E-state index in [-0.39, 0.29) is 45.4 Å². The number of morpholine rings is 1. The first kappa shape index (κ1) is 34.8. The van der Waals surface area contributed by atoms with Gasteiger partial charge in [0, 0.05) is 38.2 Å². The van der Waals surface area contributed by atoms with Crippen LogP contribution >= 0.6 is 23.2 Å². The Balaban J connectivity index is 1.32. The lowest BCUT2D eigenvalue weighted by Crippen LogP contribution is -2.45. The van der Waals surface area contributed by atoms with Crippen LogP contribution < -0.4 is 25.7 Å². The molecular formula is C34H35Cl2F2N4O7+. The number of H-pyrrole nitrogens is 1. The second kappa shape index (κ2) is 15.7. The molecule has 1 atom stereocenters. The van der Waals surface area contributed by atoms with Crippen LogP contribution in [0.15, 0.2) is 64.4 Å². The minimum Gasteiger partial charge on any atom is -0.489 e. The Morgan fingerprint density at radius 2 is 1.71 bits per heavy atom. The number of ether oxygens (including phenoxy) is 4. The molecule has 2 aromatic heterocycles. The van der Waals surface area contributed by atoms with Crippen molar-refractivity contribution in [3.05, 3.63) is 96.9 Å². The number of para-hydroxylation sites is 1. The smallest absolute Gasteiger partial charge is 0.387 e. The molecule has 11 nitrogen and oxygen atoms in total. The molecule has 1 N–H and O–H groups in total. The third kappa shape index (κ3) is 8.58. The van der Waals surface area contributed by atoms with Gasteiger partial charge in [-0.3, -0.25) is 23.6 Å². The SMILES string of the molecule is O=C(Cn1c(=O)n(CCN2CCOCC2)c(=O)c2ccccc21)O[C@@H](Cc1c(Cl)c[nH+]cc1Cl)c1ccc(OC(F)F)c(OCC2CC2)c1. The molecule has 3 heterocycles. The van der Waals surface area contributed by atoms with Crippen LogP contribution in [0.4, 0.5) is 8.78 Å². The van der Waals surface area contributed by atoms with Gasteiger partial charge in [0.25, 0.3) is 5.56 Å². The molecule has 1 aliphatic heterocycles. The summed E-state index contributed by atoms with van der Waals surface area (Å²) in [6.45, 7) is -0.206. The number of aromatic nitrogens is 3. The number of benzene rings is 2. The van der Waals surface area contributed by atoms with Crippen LogP contribution in [-0.4, -0.2) is 66.1 Å². The Bertz CT molecular complexity index is 1910. The Morgan fingerprint density at radius 1 is 0.980 bits per heavy atom. The largest absolute Gasteiger partial charge is 0.489 e. The van der Waals surface area contributed by atoms with E-state index in [0.29, 0.717) is 56.5 Å². The number of pyridine rings is 1. The van der Waals surface area contributed by atoms with Crippen molar-refractivity contribution in [2.45, 2.75) is 45.1 Å². The van der Waals surface area contributed by atoms with Crippen molar-refractivity contribution in [2.24, 2.45) is 5.92 Å². The van der Waals surface area contributed by atoms with Gasteiger partial charge in [-0.1, -0.05) is 41.4 Å². The van der Waals surface area contributed by atoms with Crippen molar-refractivity contribution >= 4 is 40.1 Å². The van der Waals surface area contributed by atoms with Crippen LogP contribution in [0, 0.1) is 5.92 Å². The summed E-state index contributed by atoms with van der Waals surface area (Å²) < 4.78 is 50.8. The lowest BCUT2D eigenvalue weighted by atomic mass is 10.0. The summed E-state index contributed by atoms with van der Waals surface area (Å²) in [4.78, 5) is 45.9. The summed E-state index contributed by atoms with van der Waals surface area (Å²) in [5, 5.41) is 0.844. The molecule has 2 aromatic carbocycles. The fourth-order valence-corrected chi connectivity index (χ4v) is 6.25. The Labute approximate surface area is 289 Å². The summed E-state index contributed by atoms with van der Waals surface area (Å²) in [6, 6.07) is 10.9. The average Bonchev–Trinajstić information content (AvgIpc) is 3.92. The van der Waals surface area contributed by atoms with Gasteiger partial charge in [-0.2, -0.15) is 8.78 Å². The van der Waals surface area contributed by atoms with Gasteiger partial charge < -0.3 is 18.9 Å². The Kier molecular flexibility index (Phi) is 11.1. The van der Waals surface area contributed by atoms with Crippen molar-refractivity contribution in [3.8, 4) is 11.5 Å². The number of fused-ring (bicyclic) bond motifs is 1. The van der Waals surface area contributed by atoms with Crippen molar-refractivity contribution in [3.63, 3.8) is 0 Å². The van der Waals surface area contributed by atoms with Crippen LogP contribution in [0.5, 0.6) is 11.5 Å². The standard InChI is InChI=1S/C34H34Cl2F2N4O7/c35-25-17-39-18-26(36)24(25)16-29(22-7-8-28(49-33(37)38)30(15-22)47-20-21-5-6-21)48-31(43)19-42-27-4-2-1-3-23(27)32(44)41(34(42)45)10-9-40-11-13-46-14-12-40/h1-4,7-8,15,17-18,21,29,33H,5-6,9-14,16,19-20H2/p+1/t29-/m0/s1. The highest BCUT2D eigenvalue weighted by Crippen LogP contribution is 2.37. The van der Waals surface area contributed by atoms with Gasteiger partial charge in [0.05, 0.1) is 30.7 Å². The van der Waals surface area contributed by atoms with Gasteiger partial charge in [0.15, 0.2) is 23.9 Å². The zero-order valence-electron chi connectivity index (χ0n) is 26.4. The highest BCUT2D eigenvalue weighted by molar-refractivity contribution is 6.35. The number of rotatable bonds is 14. The molecule has 0 amide bonds. The predicted molar refractivity (Wildman–Crippen MR) is 177 cm³/mol. The molecule has 0 spiro atoms. The van der Waals surface area contributed by atoms with Gasteiger partial charge in [-0.25, -0.2) is 9.78 Å². The number of hydrogen-bond acceptors (Lipinski definition) is 8. The molecular weight excluding hydrogens is 685 g/mol. The molecule has 1 aliphatic carbocycles. The van der Waals surface area contributed by atoms with E-state index in [1.807, 2.05) is 0 Å². The molecule has 2 fully saturated rings. The number of esters is 1. The number of carbonyl (C=O) groups excluding carboxylic acids is 1. The van der Waals surface area contributed by atoms with Gasteiger partial charge in [0.1, 0.15) is 22.7 Å². The first-order valence-corrected chi connectivity index (χ1v) is 16.7. The van der Waals surface area contributed by atoms with Gasteiger partial charge in [-0.15, -0.1) is 0 Å². The molecule has 4 aromatic rings. The average molecular weight is 721 g/mol. The highest BCUT2D eigenvalue weighted by atomic mass is 35.5. The van der Waals surface area contributed by atoms with E-state index in [4.69, 9.17) is 42.1 Å². The van der Waals surface area contributed by atoms with Gasteiger partial charge in [0.2, 0.25) is 0 Å². The quantitative estimate of drug-likeness (QED) is 0.175. The number of nitrogens with zero attached hydrogens (tertiary/aromatic N) is 3. The molecule has 1 saturated carbocycles. The summed E-state index contributed by atoms with van der Waals surface area (Å²) in [5.74, 6) is -0.565. The van der Waals surface area contributed by atoms with E-state index in [9.17, 15) is 23.2 Å². The first-order valence-electron chi connectivity index (χ1n) is 16.0. The Morgan fingerprint density at radius 3 is 2.43 bits per heavy atom. The number of halogens is 4. The van der Waals surface area contributed by atoms with Crippen molar-refractivity contribution in [1.82, 2.24) is 14.0 Å². The van der Waals surface area contributed by atoms with Crippen LogP contribution in [0.25, 0.3) is 10.9 Å². The maximum absolute atomic E-state index is 13.8. The van der Waals surface area contributed by atoms with Gasteiger partial charge in [-0.05, 0) is 48.6 Å². The monoisotopic (exact) mass is 719 g/mol. The summed E-state index contributed by atoms with van der Waals surface area (Å²) in [7, 11) is 0. The van der Waals surface area contributed by atoms with E-state index in [2.05, 4.69) is 9.88 Å². The summed E-state index contributed by atoms with van der Waals surface area (Å²) >= 11 is 12.9. The molecule has 15 heteroatoms. The van der Waals surface area contributed by atoms with E-state index >= 15 is 0 Å². The molecule has 2 aliphatic rings. The van der Waals surface area contributed by atoms with Crippen molar-refractivity contribution in [1.29, 1.82) is 0 Å². The van der Waals surface area contributed by atoms with Crippen LogP contribution in [-0.2, 0) is 33.8 Å². The molecule has 49 heavy (non-hydrogen) atoms. The molecule has 260 valence electrons. The first-order chi connectivity index (χ1) is 23.7.